The molecule has 156 valence electrons. The fourth-order valence-corrected chi connectivity index (χ4v) is 4.63. The molecule has 0 unspecified atom stereocenters. The Kier molecular flexibility index (Phi) is 4.70. The van der Waals surface area contributed by atoms with Crippen LogP contribution in [0.3, 0.4) is 0 Å². The molecular formula is C31H22N2. The van der Waals surface area contributed by atoms with E-state index in [2.05, 4.69) is 109 Å². The molecule has 2 nitrogen and oxygen atoms in total. The summed E-state index contributed by atoms with van der Waals surface area (Å²) in [7, 11) is 0. The van der Waals surface area contributed by atoms with Gasteiger partial charge in [-0.2, -0.15) is 0 Å². The largest absolute Gasteiger partial charge is 0.233 e. The Labute approximate surface area is 193 Å². The normalized spacial score (nSPS) is 11.2. The summed E-state index contributed by atoms with van der Waals surface area (Å²) < 4.78 is 0. The molecule has 5 aromatic carbocycles. The minimum Gasteiger partial charge on any atom is -0.233 e. The van der Waals surface area contributed by atoms with E-state index < -0.39 is 0 Å². The summed E-state index contributed by atoms with van der Waals surface area (Å²) in [4.78, 5) is 9.77. The summed E-state index contributed by atoms with van der Waals surface area (Å²) in [6.07, 6.45) is 0. The lowest BCUT2D eigenvalue weighted by Gasteiger charge is -2.14. The van der Waals surface area contributed by atoms with Crippen LogP contribution in [0.4, 0.5) is 0 Å². The standard InChI is InChI=1S/C31H22N2/c1-21-32-30(24-12-6-3-7-13-24)28-19-18-23-14-9-17-27(29(23)31(28)33-21)26-16-8-15-25(20-26)22-10-4-2-5-11-22/h2-20H,1H3. The summed E-state index contributed by atoms with van der Waals surface area (Å²) in [5.41, 5.74) is 7.89. The maximum Gasteiger partial charge on any atom is 0.126 e. The summed E-state index contributed by atoms with van der Waals surface area (Å²) in [5.74, 6) is 0.779. The number of aryl methyl sites for hydroxylation is 1. The molecule has 0 atom stereocenters. The van der Waals surface area contributed by atoms with Crippen molar-refractivity contribution >= 4 is 21.7 Å². The van der Waals surface area contributed by atoms with E-state index in [0.29, 0.717) is 0 Å². The highest BCUT2D eigenvalue weighted by Gasteiger charge is 2.14. The zero-order valence-electron chi connectivity index (χ0n) is 18.4. The molecule has 1 aromatic heterocycles. The van der Waals surface area contributed by atoms with Gasteiger partial charge in [0.15, 0.2) is 0 Å². The average molecular weight is 423 g/mol. The van der Waals surface area contributed by atoms with Crippen LogP contribution in [0.1, 0.15) is 5.82 Å². The Hall–Kier alpha value is -4.30. The van der Waals surface area contributed by atoms with Crippen molar-refractivity contribution in [1.82, 2.24) is 9.97 Å². The number of nitrogens with zero attached hydrogens (tertiary/aromatic N) is 2. The lowest BCUT2D eigenvalue weighted by molar-refractivity contribution is 1.10. The van der Waals surface area contributed by atoms with Crippen LogP contribution in [0.25, 0.3) is 55.2 Å². The number of aromatic nitrogens is 2. The van der Waals surface area contributed by atoms with Crippen LogP contribution in [0.15, 0.2) is 115 Å². The van der Waals surface area contributed by atoms with Crippen molar-refractivity contribution < 1.29 is 0 Å². The van der Waals surface area contributed by atoms with Gasteiger partial charge in [0, 0.05) is 16.3 Å². The Morgan fingerprint density at radius 2 is 1.18 bits per heavy atom. The number of benzene rings is 5. The second kappa shape index (κ2) is 7.99. The highest BCUT2D eigenvalue weighted by molar-refractivity contribution is 6.15. The number of fused-ring (bicyclic) bond motifs is 3. The third kappa shape index (κ3) is 3.46. The van der Waals surface area contributed by atoms with Gasteiger partial charge >= 0.3 is 0 Å². The van der Waals surface area contributed by atoms with E-state index in [9.17, 15) is 0 Å². The average Bonchev–Trinajstić information content (AvgIpc) is 2.89. The first-order chi connectivity index (χ1) is 16.3. The first-order valence-electron chi connectivity index (χ1n) is 11.2. The van der Waals surface area contributed by atoms with Gasteiger partial charge in [0.2, 0.25) is 0 Å². The van der Waals surface area contributed by atoms with Gasteiger partial charge in [-0.1, -0.05) is 103 Å². The second-order valence-corrected chi connectivity index (χ2v) is 8.30. The van der Waals surface area contributed by atoms with E-state index in [1.807, 2.05) is 13.0 Å². The smallest absolute Gasteiger partial charge is 0.126 e. The Morgan fingerprint density at radius 3 is 1.97 bits per heavy atom. The molecule has 6 aromatic rings. The van der Waals surface area contributed by atoms with E-state index in [1.165, 1.54) is 33.0 Å². The van der Waals surface area contributed by atoms with Crippen molar-refractivity contribution in [3.8, 4) is 33.5 Å². The molecule has 0 aliphatic rings. The van der Waals surface area contributed by atoms with Crippen LogP contribution in [0.5, 0.6) is 0 Å². The summed E-state index contributed by atoms with van der Waals surface area (Å²) in [6, 6.07) is 40.5. The number of hydrogen-bond acceptors (Lipinski definition) is 2. The Balaban J connectivity index is 1.64. The third-order valence-corrected chi connectivity index (χ3v) is 6.15. The Morgan fingerprint density at radius 1 is 0.515 bits per heavy atom. The van der Waals surface area contributed by atoms with Gasteiger partial charge in [0.05, 0.1) is 11.2 Å². The first-order valence-corrected chi connectivity index (χ1v) is 11.2. The van der Waals surface area contributed by atoms with Crippen molar-refractivity contribution in [3.05, 3.63) is 121 Å². The predicted octanol–water partition coefficient (Wildman–Crippen LogP) is 8.09. The molecule has 6 rings (SSSR count). The molecule has 0 saturated carbocycles. The monoisotopic (exact) mass is 422 g/mol. The van der Waals surface area contributed by atoms with Gasteiger partial charge in [-0.05, 0) is 46.7 Å². The first kappa shape index (κ1) is 19.4. The molecule has 0 aliphatic heterocycles. The summed E-state index contributed by atoms with van der Waals surface area (Å²) >= 11 is 0. The maximum absolute atomic E-state index is 4.95. The van der Waals surface area contributed by atoms with Gasteiger partial charge in [0.1, 0.15) is 5.82 Å². The summed E-state index contributed by atoms with van der Waals surface area (Å²) in [5, 5.41) is 3.43. The zero-order chi connectivity index (χ0) is 22.2. The van der Waals surface area contributed by atoms with E-state index in [1.54, 1.807) is 0 Å². The van der Waals surface area contributed by atoms with Gasteiger partial charge in [-0.25, -0.2) is 9.97 Å². The minimum atomic E-state index is 0.779. The quantitative estimate of drug-likeness (QED) is 0.269. The summed E-state index contributed by atoms with van der Waals surface area (Å²) in [6.45, 7) is 1.98. The molecule has 0 saturated heterocycles. The zero-order valence-corrected chi connectivity index (χ0v) is 18.4. The lowest BCUT2D eigenvalue weighted by atomic mass is 9.93. The van der Waals surface area contributed by atoms with Gasteiger partial charge in [-0.3, -0.25) is 0 Å². The van der Waals surface area contributed by atoms with Gasteiger partial charge in [0.25, 0.3) is 0 Å². The van der Waals surface area contributed by atoms with Gasteiger partial charge < -0.3 is 0 Å². The van der Waals surface area contributed by atoms with Crippen molar-refractivity contribution in [1.29, 1.82) is 0 Å². The number of rotatable bonds is 3. The molecule has 0 spiro atoms. The predicted molar refractivity (Wildman–Crippen MR) is 138 cm³/mol. The van der Waals surface area contributed by atoms with Crippen LogP contribution >= 0.6 is 0 Å². The molecule has 0 radical (unpaired) electrons. The van der Waals surface area contributed by atoms with E-state index in [4.69, 9.17) is 9.97 Å². The van der Waals surface area contributed by atoms with E-state index in [0.717, 1.165) is 28.0 Å². The van der Waals surface area contributed by atoms with E-state index in [-0.39, 0.29) is 0 Å². The number of hydrogen-bond donors (Lipinski definition) is 0. The lowest BCUT2D eigenvalue weighted by Crippen LogP contribution is -1.96. The van der Waals surface area contributed by atoms with E-state index >= 15 is 0 Å². The fraction of sp³-hybridized carbons (Fsp3) is 0.0323. The highest BCUT2D eigenvalue weighted by atomic mass is 14.9. The highest BCUT2D eigenvalue weighted by Crippen LogP contribution is 2.37. The maximum atomic E-state index is 4.95. The second-order valence-electron chi connectivity index (χ2n) is 8.30. The van der Waals surface area contributed by atoms with Crippen LogP contribution in [-0.4, -0.2) is 9.97 Å². The Bertz CT molecular complexity index is 1600. The van der Waals surface area contributed by atoms with Crippen LogP contribution in [-0.2, 0) is 0 Å². The molecule has 1 heterocycles. The molecule has 0 aliphatic carbocycles. The fourth-order valence-electron chi connectivity index (χ4n) is 4.63. The van der Waals surface area contributed by atoms with Crippen LogP contribution in [0, 0.1) is 6.92 Å². The SMILES string of the molecule is Cc1nc(-c2ccccc2)c2ccc3cccc(-c4cccc(-c5ccccc5)c4)c3c2n1. The van der Waals surface area contributed by atoms with Crippen LogP contribution < -0.4 is 0 Å². The molecule has 33 heavy (non-hydrogen) atoms. The van der Waals surface area contributed by atoms with Crippen molar-refractivity contribution in [3.63, 3.8) is 0 Å². The third-order valence-electron chi connectivity index (χ3n) is 6.15. The molecule has 0 bridgehead atoms. The van der Waals surface area contributed by atoms with Crippen molar-refractivity contribution in [2.45, 2.75) is 6.92 Å². The van der Waals surface area contributed by atoms with Gasteiger partial charge in [-0.15, -0.1) is 0 Å². The molecule has 0 N–H and O–H groups in total. The molecule has 2 heteroatoms. The van der Waals surface area contributed by atoms with Crippen LogP contribution in [0.2, 0.25) is 0 Å². The molecule has 0 amide bonds. The molecule has 0 fully saturated rings. The van der Waals surface area contributed by atoms with Crippen molar-refractivity contribution in [2.75, 3.05) is 0 Å². The van der Waals surface area contributed by atoms with Crippen molar-refractivity contribution in [2.24, 2.45) is 0 Å². The molecular weight excluding hydrogens is 400 g/mol. The minimum absolute atomic E-state index is 0.779. The topological polar surface area (TPSA) is 25.8 Å².